The zero-order valence-electron chi connectivity index (χ0n) is 14.9. The van der Waals surface area contributed by atoms with Crippen LogP contribution < -0.4 is 21.2 Å². The maximum atomic E-state index is 12.2. The topological polar surface area (TPSA) is 100 Å². The van der Waals surface area contributed by atoms with Crippen molar-refractivity contribution in [1.29, 1.82) is 0 Å². The maximum absolute atomic E-state index is 12.2. The Labute approximate surface area is 180 Å². The fourth-order valence-electron chi connectivity index (χ4n) is 2.15. The van der Waals surface area contributed by atoms with Gasteiger partial charge in [-0.3, -0.25) is 10.1 Å². The predicted molar refractivity (Wildman–Crippen MR) is 96.3 cm³/mol. The van der Waals surface area contributed by atoms with Gasteiger partial charge in [-0.25, -0.2) is 8.42 Å². The van der Waals surface area contributed by atoms with Crippen LogP contribution in [-0.2, 0) is 16.3 Å². The van der Waals surface area contributed by atoms with Crippen LogP contribution in [0.2, 0.25) is 0 Å². The number of benzene rings is 3. The third kappa shape index (κ3) is 7.07. The van der Waals surface area contributed by atoms with Gasteiger partial charge in [0.05, 0.1) is 15.4 Å². The molecule has 158 valence electrons. The molecule has 3 rings (SSSR count). The minimum Gasteiger partial charge on any atom is -0.744 e. The molecule has 0 unspecified atom stereocenters. The number of alkyl halides is 3. The molecule has 0 radical (unpaired) electrons. The molecule has 0 bridgehead atoms. The lowest BCUT2D eigenvalue weighted by Gasteiger charge is -2.14. The van der Waals surface area contributed by atoms with E-state index in [1.54, 1.807) is 12.1 Å². The Kier molecular flexibility index (Phi) is 7.92. The molecule has 3 aromatic carbocycles. The van der Waals surface area contributed by atoms with Gasteiger partial charge in [-0.15, -0.1) is 0 Å². The van der Waals surface area contributed by atoms with Crippen LogP contribution in [0.15, 0.2) is 83.8 Å². The molecule has 0 aliphatic carbocycles. The first-order valence-electron chi connectivity index (χ1n) is 8.05. The highest BCUT2D eigenvalue weighted by atomic mass is 127. The summed E-state index contributed by atoms with van der Waals surface area (Å²) in [7, 11) is -5.09. The summed E-state index contributed by atoms with van der Waals surface area (Å²) in [6.07, 6.45) is -4.84. The monoisotopic (exact) mass is 551 g/mol. The average Bonchev–Trinajstić information content (AvgIpc) is 2.68. The van der Waals surface area contributed by atoms with Crippen molar-refractivity contribution in [2.75, 3.05) is 0 Å². The molecular weight excluding hydrogens is 538 g/mol. The molecule has 6 nitrogen and oxygen atoms in total. The molecule has 0 aliphatic rings. The molecule has 3 aromatic rings. The highest BCUT2D eigenvalue weighted by Crippen LogP contribution is 2.33. The average molecular weight is 551 g/mol. The number of non-ortho nitro benzene ring substituents is 1. The van der Waals surface area contributed by atoms with Crippen molar-refractivity contribution in [1.82, 2.24) is 0 Å². The lowest BCUT2D eigenvalue weighted by molar-refractivity contribution is -0.597. The van der Waals surface area contributed by atoms with E-state index in [0.717, 1.165) is 12.1 Å². The van der Waals surface area contributed by atoms with E-state index in [4.69, 9.17) is 0 Å². The van der Waals surface area contributed by atoms with Gasteiger partial charge in [0.25, 0.3) is 5.69 Å². The Balaban J connectivity index is 0.000000216. The number of nitro benzene ring substituents is 1. The summed E-state index contributed by atoms with van der Waals surface area (Å²) < 4.78 is 70.4. The molecule has 0 amide bonds. The van der Waals surface area contributed by atoms with E-state index >= 15 is 0 Å². The van der Waals surface area contributed by atoms with Gasteiger partial charge >= 0.3 is 27.4 Å². The highest BCUT2D eigenvalue weighted by molar-refractivity contribution is 7.85. The summed E-state index contributed by atoms with van der Waals surface area (Å²) in [6, 6.07) is 20.3. The van der Waals surface area contributed by atoms with E-state index in [-0.39, 0.29) is 31.8 Å². The molecule has 0 spiro atoms. The molecule has 30 heavy (non-hydrogen) atoms. The molecule has 0 N–H and O–H groups in total. The first-order chi connectivity index (χ1) is 14.0. The second kappa shape index (κ2) is 10.00. The van der Waals surface area contributed by atoms with Gasteiger partial charge < -0.3 is 4.55 Å². The van der Waals surface area contributed by atoms with Crippen LogP contribution in [-0.4, -0.2) is 17.9 Å². The number of hydrogen-bond acceptors (Lipinski definition) is 5. The summed E-state index contributed by atoms with van der Waals surface area (Å²) >= 11 is -0.227. The Morgan fingerprint density at radius 3 is 1.77 bits per heavy atom. The third-order valence-electron chi connectivity index (χ3n) is 3.45. The van der Waals surface area contributed by atoms with Crippen molar-refractivity contribution in [2.24, 2.45) is 0 Å². The van der Waals surface area contributed by atoms with Crippen LogP contribution >= 0.6 is 0 Å². The Morgan fingerprint density at radius 1 is 0.800 bits per heavy atom. The van der Waals surface area contributed by atoms with E-state index in [2.05, 4.69) is 12.1 Å². The molecule has 0 aromatic heterocycles. The van der Waals surface area contributed by atoms with Crippen LogP contribution in [0.3, 0.4) is 0 Å². The fraction of sp³-hybridized carbons (Fsp3) is 0.0526. The third-order valence-corrected chi connectivity index (χ3v) is 7.03. The number of nitro groups is 1. The lowest BCUT2D eigenvalue weighted by atomic mass is 10.2. The molecule has 0 atom stereocenters. The van der Waals surface area contributed by atoms with E-state index in [0.29, 0.717) is 12.1 Å². The van der Waals surface area contributed by atoms with Crippen LogP contribution in [0.4, 0.5) is 18.9 Å². The zero-order valence-corrected chi connectivity index (χ0v) is 17.9. The van der Waals surface area contributed by atoms with Crippen LogP contribution in [0.5, 0.6) is 0 Å². The summed E-state index contributed by atoms with van der Waals surface area (Å²) in [5.74, 6) is 0. The smallest absolute Gasteiger partial charge is 0.417 e. The highest BCUT2D eigenvalue weighted by Gasteiger charge is 2.34. The van der Waals surface area contributed by atoms with Crippen LogP contribution in [0, 0.1) is 17.3 Å². The summed E-state index contributed by atoms with van der Waals surface area (Å²) in [4.78, 5) is 8.87. The quantitative estimate of drug-likeness (QED) is 0.211. The van der Waals surface area contributed by atoms with Crippen molar-refractivity contribution in [3.8, 4) is 0 Å². The molecule has 11 heteroatoms. The molecule has 0 saturated heterocycles. The van der Waals surface area contributed by atoms with Gasteiger partial charge in [0, 0.05) is 12.1 Å². The van der Waals surface area contributed by atoms with Crippen molar-refractivity contribution >= 4 is 15.8 Å². The lowest BCUT2D eigenvalue weighted by Crippen LogP contribution is -3.61. The number of rotatable bonds is 4. The maximum Gasteiger partial charge on any atom is 0.417 e. The summed E-state index contributed by atoms with van der Waals surface area (Å²) in [5, 5.41) is 10.5. The van der Waals surface area contributed by atoms with Gasteiger partial charge in [-0.2, -0.15) is 13.2 Å². The fourth-order valence-corrected chi connectivity index (χ4v) is 5.06. The molecule has 0 fully saturated rings. The second-order valence-electron chi connectivity index (χ2n) is 5.57. The predicted octanol–water partition coefficient (Wildman–Crippen LogP) is 1.33. The van der Waals surface area contributed by atoms with Crippen molar-refractivity contribution in [3.05, 3.63) is 102 Å². The Morgan fingerprint density at radius 2 is 1.30 bits per heavy atom. The van der Waals surface area contributed by atoms with Gasteiger partial charge in [0.1, 0.15) is 10.1 Å². The minimum atomic E-state index is -5.09. The van der Waals surface area contributed by atoms with Crippen LogP contribution in [0.1, 0.15) is 5.56 Å². The zero-order chi connectivity index (χ0) is 22.4. The van der Waals surface area contributed by atoms with Crippen molar-refractivity contribution in [2.45, 2.75) is 11.1 Å². The number of hydrogen-bond donors (Lipinski definition) is 0. The largest absolute Gasteiger partial charge is 0.744 e. The standard InChI is InChI=1S/C12H9INO2.C7H5F3O3S/c15-14(16)12-8-6-11(7-9-12)13-10-4-2-1-3-5-10;8-7(9,10)5-3-1-2-4-6(5)14(11,12)13/h1-9H;1-4H,(H,11,12,13)/q+1;/p-1. The van der Waals surface area contributed by atoms with E-state index in [1.807, 2.05) is 30.3 Å². The van der Waals surface area contributed by atoms with E-state index in [9.17, 15) is 36.3 Å². The van der Waals surface area contributed by atoms with Crippen molar-refractivity contribution in [3.63, 3.8) is 0 Å². The summed E-state index contributed by atoms with van der Waals surface area (Å²) in [6.45, 7) is 0. The van der Waals surface area contributed by atoms with Gasteiger partial charge in [-0.1, -0.05) is 30.3 Å². The normalized spacial score (nSPS) is 11.3. The molecule has 0 heterocycles. The first-order valence-corrected chi connectivity index (χ1v) is 11.6. The molecule has 0 saturated carbocycles. The molecule has 0 aliphatic heterocycles. The van der Waals surface area contributed by atoms with Gasteiger partial charge in [0.2, 0.25) is 0 Å². The van der Waals surface area contributed by atoms with Crippen molar-refractivity contribution < 1.29 is 52.3 Å². The van der Waals surface area contributed by atoms with E-state index in [1.165, 1.54) is 7.14 Å². The Hall–Kier alpha value is -2.51. The van der Waals surface area contributed by atoms with Gasteiger partial charge in [0.15, 0.2) is 7.14 Å². The first kappa shape index (κ1) is 23.8. The van der Waals surface area contributed by atoms with E-state index < -0.39 is 26.8 Å². The van der Waals surface area contributed by atoms with Crippen LogP contribution in [0.25, 0.3) is 0 Å². The number of halogens is 4. The number of nitrogens with zero attached hydrogens (tertiary/aromatic N) is 1. The second-order valence-corrected chi connectivity index (χ2v) is 9.95. The van der Waals surface area contributed by atoms with Gasteiger partial charge in [-0.05, 0) is 36.4 Å². The molecular formula is C19H13F3INO5S. The minimum absolute atomic E-state index is 0.154. The Bertz CT molecular complexity index is 1110. The SMILES string of the molecule is O=S(=O)([O-])c1ccccc1C(F)(F)F.O=[N+]([O-])c1ccc([I+]c2ccccc2)cc1. The summed E-state index contributed by atoms with van der Waals surface area (Å²) in [5.41, 5.74) is -1.28.